The lowest BCUT2D eigenvalue weighted by atomic mass is 10.2. The summed E-state index contributed by atoms with van der Waals surface area (Å²) in [5, 5.41) is 12.1. The van der Waals surface area contributed by atoms with Crippen LogP contribution in [-0.4, -0.2) is 21.0 Å². The number of carboxylic acids is 1. The van der Waals surface area contributed by atoms with Gasteiger partial charge in [-0.05, 0) is 30.7 Å². The number of hydrogen-bond acceptors (Lipinski definition) is 4. The molecule has 5 nitrogen and oxygen atoms in total. The molecular weight excluding hydrogens is 230 g/mol. The second-order valence-electron chi connectivity index (χ2n) is 3.89. The van der Waals surface area contributed by atoms with Crippen molar-refractivity contribution in [1.82, 2.24) is 9.97 Å². The van der Waals surface area contributed by atoms with Crippen molar-refractivity contribution in [2.75, 3.05) is 5.32 Å². The minimum Gasteiger partial charge on any atom is -0.478 e. The monoisotopic (exact) mass is 243 g/mol. The number of carbonyl (C=O) groups is 1. The van der Waals surface area contributed by atoms with E-state index < -0.39 is 5.97 Å². The van der Waals surface area contributed by atoms with Crippen LogP contribution in [0.15, 0.2) is 36.8 Å². The molecule has 0 unspecified atom stereocenters. The van der Waals surface area contributed by atoms with E-state index in [1.165, 1.54) is 12.3 Å². The molecule has 0 aliphatic heterocycles. The highest BCUT2D eigenvalue weighted by molar-refractivity contribution is 5.87. The molecule has 92 valence electrons. The summed E-state index contributed by atoms with van der Waals surface area (Å²) >= 11 is 0. The Morgan fingerprint density at radius 3 is 2.94 bits per heavy atom. The molecule has 2 heterocycles. The topological polar surface area (TPSA) is 75.1 Å². The number of nitrogens with one attached hydrogen (secondary N) is 1. The van der Waals surface area contributed by atoms with E-state index in [0.29, 0.717) is 12.2 Å². The van der Waals surface area contributed by atoms with Gasteiger partial charge in [-0.3, -0.25) is 9.97 Å². The number of nitrogens with zero attached hydrogens (tertiary/aromatic N) is 2. The van der Waals surface area contributed by atoms with Gasteiger partial charge in [0.2, 0.25) is 0 Å². The van der Waals surface area contributed by atoms with Crippen LogP contribution in [0.3, 0.4) is 0 Å². The molecule has 0 amide bonds. The minimum atomic E-state index is -0.946. The summed E-state index contributed by atoms with van der Waals surface area (Å²) in [5.74, 6) is -0.946. The number of rotatable bonds is 4. The smallest absolute Gasteiger partial charge is 0.335 e. The van der Waals surface area contributed by atoms with Gasteiger partial charge in [0.1, 0.15) is 0 Å². The highest BCUT2D eigenvalue weighted by Crippen LogP contribution is 2.13. The predicted molar refractivity (Wildman–Crippen MR) is 67.5 cm³/mol. The molecule has 0 aliphatic rings. The number of aromatic carboxylic acids is 1. The molecule has 0 aliphatic carbocycles. The molecule has 0 atom stereocenters. The quantitative estimate of drug-likeness (QED) is 0.860. The normalized spacial score (nSPS) is 10.1. The molecule has 0 fully saturated rings. The third kappa shape index (κ3) is 2.82. The lowest BCUT2D eigenvalue weighted by molar-refractivity contribution is 0.0696. The molecule has 2 aromatic rings. The van der Waals surface area contributed by atoms with Gasteiger partial charge in [-0.15, -0.1) is 0 Å². The summed E-state index contributed by atoms with van der Waals surface area (Å²) < 4.78 is 0. The van der Waals surface area contributed by atoms with E-state index in [9.17, 15) is 4.79 Å². The first-order valence-corrected chi connectivity index (χ1v) is 5.49. The largest absolute Gasteiger partial charge is 0.478 e. The number of carboxylic acid groups (broad SMARTS) is 1. The van der Waals surface area contributed by atoms with Gasteiger partial charge in [-0.25, -0.2) is 4.79 Å². The zero-order valence-electron chi connectivity index (χ0n) is 9.92. The number of aryl methyl sites for hydroxylation is 1. The highest BCUT2D eigenvalue weighted by Gasteiger charge is 2.04. The van der Waals surface area contributed by atoms with Gasteiger partial charge in [0.15, 0.2) is 0 Å². The average Bonchev–Trinajstić information content (AvgIpc) is 2.38. The molecule has 2 rings (SSSR count). The first kappa shape index (κ1) is 12.0. The summed E-state index contributed by atoms with van der Waals surface area (Å²) in [6.45, 7) is 2.43. The molecule has 0 saturated heterocycles. The molecular formula is C13H13N3O2. The molecule has 2 N–H and O–H groups in total. The van der Waals surface area contributed by atoms with Crippen molar-refractivity contribution in [2.24, 2.45) is 0 Å². The van der Waals surface area contributed by atoms with Crippen LogP contribution in [-0.2, 0) is 6.54 Å². The van der Waals surface area contributed by atoms with Gasteiger partial charge in [0.25, 0.3) is 0 Å². The Kier molecular flexibility index (Phi) is 3.52. The lowest BCUT2D eigenvalue weighted by Gasteiger charge is -2.08. The van der Waals surface area contributed by atoms with Crippen molar-refractivity contribution in [1.29, 1.82) is 0 Å². The standard InChI is InChI=1S/C13H13N3O2/c1-9-7-14-4-3-12(9)16-8-11-6-10(13(17)18)2-5-15-11/h2-7H,8H2,1H3,(H,14,16)(H,17,18). The van der Waals surface area contributed by atoms with Crippen LogP contribution >= 0.6 is 0 Å². The number of hydrogen-bond donors (Lipinski definition) is 2. The summed E-state index contributed by atoms with van der Waals surface area (Å²) in [7, 11) is 0. The fourth-order valence-corrected chi connectivity index (χ4v) is 1.57. The van der Waals surface area contributed by atoms with Crippen LogP contribution in [0.4, 0.5) is 5.69 Å². The van der Waals surface area contributed by atoms with Crippen LogP contribution < -0.4 is 5.32 Å². The van der Waals surface area contributed by atoms with Crippen molar-refractivity contribution in [3.63, 3.8) is 0 Å². The summed E-state index contributed by atoms with van der Waals surface area (Å²) in [4.78, 5) is 19.0. The maximum atomic E-state index is 10.8. The highest BCUT2D eigenvalue weighted by atomic mass is 16.4. The Morgan fingerprint density at radius 1 is 1.39 bits per heavy atom. The third-order valence-electron chi connectivity index (χ3n) is 2.54. The van der Waals surface area contributed by atoms with Crippen molar-refractivity contribution in [2.45, 2.75) is 13.5 Å². The van der Waals surface area contributed by atoms with Gasteiger partial charge >= 0.3 is 5.97 Å². The van der Waals surface area contributed by atoms with E-state index >= 15 is 0 Å². The predicted octanol–water partition coefficient (Wildman–Crippen LogP) is 2.10. The fraction of sp³-hybridized carbons (Fsp3) is 0.154. The van der Waals surface area contributed by atoms with Gasteiger partial charge in [0, 0.05) is 24.3 Å². The summed E-state index contributed by atoms with van der Waals surface area (Å²) in [6, 6.07) is 4.91. The zero-order valence-corrected chi connectivity index (χ0v) is 9.92. The maximum absolute atomic E-state index is 10.8. The zero-order chi connectivity index (χ0) is 13.0. The Bertz CT molecular complexity index is 570. The first-order valence-electron chi connectivity index (χ1n) is 5.49. The third-order valence-corrected chi connectivity index (χ3v) is 2.54. The van der Waals surface area contributed by atoms with E-state index in [1.807, 2.05) is 13.0 Å². The molecule has 0 radical (unpaired) electrons. The Hall–Kier alpha value is -2.43. The lowest BCUT2D eigenvalue weighted by Crippen LogP contribution is -2.05. The number of pyridine rings is 2. The number of aromatic nitrogens is 2. The van der Waals surface area contributed by atoms with E-state index in [2.05, 4.69) is 15.3 Å². The molecule has 18 heavy (non-hydrogen) atoms. The van der Waals surface area contributed by atoms with Crippen molar-refractivity contribution < 1.29 is 9.90 Å². The number of anilines is 1. The second-order valence-corrected chi connectivity index (χ2v) is 3.89. The van der Waals surface area contributed by atoms with Crippen LogP contribution in [0, 0.1) is 6.92 Å². The van der Waals surface area contributed by atoms with Gasteiger partial charge < -0.3 is 10.4 Å². The van der Waals surface area contributed by atoms with E-state index in [0.717, 1.165) is 11.3 Å². The minimum absolute atomic E-state index is 0.244. The molecule has 0 bridgehead atoms. The summed E-state index contributed by atoms with van der Waals surface area (Å²) in [5.41, 5.74) is 2.93. The van der Waals surface area contributed by atoms with Crippen molar-refractivity contribution in [3.8, 4) is 0 Å². The van der Waals surface area contributed by atoms with Crippen LogP contribution in [0.25, 0.3) is 0 Å². The van der Waals surface area contributed by atoms with E-state index in [4.69, 9.17) is 5.11 Å². The van der Waals surface area contributed by atoms with Crippen molar-refractivity contribution >= 4 is 11.7 Å². The SMILES string of the molecule is Cc1cnccc1NCc1cc(C(=O)O)ccn1. The average molecular weight is 243 g/mol. The summed E-state index contributed by atoms with van der Waals surface area (Å²) in [6.07, 6.45) is 4.97. The van der Waals surface area contributed by atoms with Crippen LogP contribution in [0.5, 0.6) is 0 Å². The Balaban J connectivity index is 2.09. The Labute approximate surface area is 105 Å². The van der Waals surface area contributed by atoms with Gasteiger partial charge in [0.05, 0.1) is 17.8 Å². The molecule has 0 aromatic carbocycles. The van der Waals surface area contributed by atoms with Crippen LogP contribution in [0.1, 0.15) is 21.6 Å². The van der Waals surface area contributed by atoms with E-state index in [-0.39, 0.29) is 5.56 Å². The van der Waals surface area contributed by atoms with Gasteiger partial charge in [-0.1, -0.05) is 0 Å². The second kappa shape index (κ2) is 5.27. The van der Waals surface area contributed by atoms with Crippen molar-refractivity contribution in [3.05, 3.63) is 53.6 Å². The molecule has 0 saturated carbocycles. The molecule has 5 heteroatoms. The van der Waals surface area contributed by atoms with E-state index in [1.54, 1.807) is 18.5 Å². The van der Waals surface area contributed by atoms with Crippen LogP contribution in [0.2, 0.25) is 0 Å². The maximum Gasteiger partial charge on any atom is 0.335 e. The fourth-order valence-electron chi connectivity index (χ4n) is 1.57. The molecule has 0 spiro atoms. The first-order chi connectivity index (χ1) is 8.66. The Morgan fingerprint density at radius 2 is 2.22 bits per heavy atom. The molecule has 2 aromatic heterocycles. The van der Waals surface area contributed by atoms with Gasteiger partial charge in [-0.2, -0.15) is 0 Å².